The number of hydrogen-bond donors (Lipinski definition) is 3. The van der Waals surface area contributed by atoms with E-state index in [-0.39, 0.29) is 5.91 Å². The number of amides is 1. The van der Waals surface area contributed by atoms with Crippen LogP contribution in [0.5, 0.6) is 0 Å². The maximum Gasteiger partial charge on any atom is 0.267 e. The number of H-pyrrole nitrogens is 1. The van der Waals surface area contributed by atoms with Crippen LogP contribution >= 0.6 is 11.3 Å². The van der Waals surface area contributed by atoms with E-state index in [2.05, 4.69) is 26.7 Å². The van der Waals surface area contributed by atoms with Gasteiger partial charge in [0.25, 0.3) is 5.91 Å². The van der Waals surface area contributed by atoms with E-state index in [0.29, 0.717) is 12.2 Å². The molecule has 0 bridgehead atoms. The number of nitrogens with zero attached hydrogens (tertiary/aromatic N) is 1. The highest BCUT2D eigenvalue weighted by atomic mass is 32.1. The zero-order valence-corrected chi connectivity index (χ0v) is 12.7. The molecule has 3 rings (SSSR count). The first kappa shape index (κ1) is 14.0. The number of hydrogen-bond acceptors (Lipinski definition) is 4. The van der Waals surface area contributed by atoms with E-state index in [0.717, 1.165) is 35.8 Å². The van der Waals surface area contributed by atoms with Crippen molar-refractivity contribution in [3.63, 3.8) is 0 Å². The second-order valence-corrected chi connectivity index (χ2v) is 6.12. The highest BCUT2D eigenvalue weighted by Gasteiger charge is 2.12. The Morgan fingerprint density at radius 2 is 2.43 bits per heavy atom. The summed E-state index contributed by atoms with van der Waals surface area (Å²) in [5.74, 6) is -0.0763. The number of aryl methyl sites for hydroxylation is 1. The average molecular weight is 302 g/mol. The molecule has 1 aliphatic heterocycles. The summed E-state index contributed by atoms with van der Waals surface area (Å²) in [6, 6.07) is 1.85. The molecule has 0 aliphatic carbocycles. The first-order valence-corrected chi connectivity index (χ1v) is 7.88. The molecule has 0 unspecified atom stereocenters. The zero-order chi connectivity index (χ0) is 14.7. The van der Waals surface area contributed by atoms with Gasteiger partial charge < -0.3 is 15.6 Å². The second kappa shape index (κ2) is 6.24. The number of aromatic nitrogens is 2. The van der Waals surface area contributed by atoms with Gasteiger partial charge >= 0.3 is 0 Å². The van der Waals surface area contributed by atoms with Crippen LogP contribution in [0.1, 0.15) is 21.9 Å². The maximum atomic E-state index is 12.1. The van der Waals surface area contributed by atoms with Crippen molar-refractivity contribution in [1.82, 2.24) is 20.6 Å². The fraction of sp³-hybridized carbons (Fsp3) is 0.333. The van der Waals surface area contributed by atoms with E-state index in [1.165, 1.54) is 5.57 Å². The number of carbonyl (C=O) groups is 1. The Kier molecular flexibility index (Phi) is 4.17. The van der Waals surface area contributed by atoms with Crippen molar-refractivity contribution >= 4 is 17.2 Å². The minimum Gasteiger partial charge on any atom is -0.357 e. The lowest BCUT2D eigenvalue weighted by Crippen LogP contribution is -2.29. The van der Waals surface area contributed by atoms with E-state index in [4.69, 9.17) is 0 Å². The SMILES string of the molecule is Cc1nc(-c2c[nH]c(C(=O)NCC3=CCNCC3)c2)cs1. The summed E-state index contributed by atoms with van der Waals surface area (Å²) >= 11 is 1.61. The molecule has 3 heterocycles. The normalized spacial score (nSPS) is 14.8. The first-order chi connectivity index (χ1) is 10.2. The molecular formula is C15H18N4OS. The third-order valence-corrected chi connectivity index (χ3v) is 4.25. The lowest BCUT2D eigenvalue weighted by atomic mass is 10.1. The summed E-state index contributed by atoms with van der Waals surface area (Å²) in [6.45, 7) is 4.46. The lowest BCUT2D eigenvalue weighted by molar-refractivity contribution is 0.0952. The number of aromatic amines is 1. The van der Waals surface area contributed by atoms with E-state index in [9.17, 15) is 4.79 Å². The van der Waals surface area contributed by atoms with Gasteiger partial charge in [-0.2, -0.15) is 0 Å². The van der Waals surface area contributed by atoms with E-state index < -0.39 is 0 Å². The van der Waals surface area contributed by atoms with Crippen molar-refractivity contribution in [2.24, 2.45) is 0 Å². The Morgan fingerprint density at radius 3 is 3.14 bits per heavy atom. The summed E-state index contributed by atoms with van der Waals surface area (Å²) in [5, 5.41) is 9.23. The van der Waals surface area contributed by atoms with Crippen LogP contribution in [0.2, 0.25) is 0 Å². The molecule has 21 heavy (non-hydrogen) atoms. The van der Waals surface area contributed by atoms with Crippen molar-refractivity contribution in [3.05, 3.63) is 40.0 Å². The van der Waals surface area contributed by atoms with Crippen molar-refractivity contribution in [2.75, 3.05) is 19.6 Å². The quantitative estimate of drug-likeness (QED) is 0.758. The Balaban J connectivity index is 1.62. The van der Waals surface area contributed by atoms with E-state index in [1.54, 1.807) is 11.3 Å². The van der Waals surface area contributed by atoms with Gasteiger partial charge in [-0.25, -0.2) is 4.98 Å². The number of rotatable bonds is 4. The Bertz CT molecular complexity index is 671. The molecule has 6 heteroatoms. The zero-order valence-electron chi connectivity index (χ0n) is 11.9. The van der Waals surface area contributed by atoms with Crippen LogP contribution in [0.4, 0.5) is 0 Å². The van der Waals surface area contributed by atoms with E-state index in [1.807, 2.05) is 24.6 Å². The third kappa shape index (κ3) is 3.40. The van der Waals surface area contributed by atoms with Gasteiger partial charge in [-0.1, -0.05) is 11.6 Å². The van der Waals surface area contributed by atoms with Crippen LogP contribution in [0, 0.1) is 6.92 Å². The molecule has 1 aliphatic rings. The van der Waals surface area contributed by atoms with Crippen LogP contribution in [0.25, 0.3) is 11.3 Å². The van der Waals surface area contributed by atoms with Gasteiger partial charge in [-0.15, -0.1) is 11.3 Å². The largest absolute Gasteiger partial charge is 0.357 e. The number of nitrogens with one attached hydrogen (secondary N) is 3. The summed E-state index contributed by atoms with van der Waals surface area (Å²) in [7, 11) is 0. The van der Waals surface area contributed by atoms with Crippen LogP contribution in [-0.2, 0) is 0 Å². The molecular weight excluding hydrogens is 284 g/mol. The molecule has 2 aromatic heterocycles. The summed E-state index contributed by atoms with van der Waals surface area (Å²) < 4.78 is 0. The van der Waals surface area contributed by atoms with Gasteiger partial charge in [0.1, 0.15) is 5.69 Å². The first-order valence-electron chi connectivity index (χ1n) is 7.00. The minimum atomic E-state index is -0.0763. The fourth-order valence-electron chi connectivity index (χ4n) is 2.29. The van der Waals surface area contributed by atoms with Crippen molar-refractivity contribution in [3.8, 4) is 11.3 Å². The van der Waals surface area contributed by atoms with Gasteiger partial charge in [0.05, 0.1) is 10.7 Å². The molecule has 0 spiro atoms. The third-order valence-electron chi connectivity index (χ3n) is 3.48. The molecule has 0 radical (unpaired) electrons. The Morgan fingerprint density at radius 1 is 1.52 bits per heavy atom. The average Bonchev–Trinajstić information content (AvgIpc) is 3.14. The van der Waals surface area contributed by atoms with Crippen LogP contribution in [-0.4, -0.2) is 35.5 Å². The number of carbonyl (C=O) groups excluding carboxylic acids is 1. The van der Waals surface area contributed by atoms with Crippen LogP contribution in [0.3, 0.4) is 0 Å². The maximum absolute atomic E-state index is 12.1. The summed E-state index contributed by atoms with van der Waals surface area (Å²) in [4.78, 5) is 19.6. The molecule has 0 atom stereocenters. The molecule has 0 saturated heterocycles. The standard InChI is InChI=1S/C15H18N4OS/c1-10-19-14(9-21-10)12-6-13(17-8-12)15(20)18-7-11-2-4-16-5-3-11/h2,6,8-9,16-17H,3-5,7H2,1H3,(H,18,20). The van der Waals surface area contributed by atoms with Crippen LogP contribution in [0.15, 0.2) is 29.3 Å². The minimum absolute atomic E-state index is 0.0763. The monoisotopic (exact) mass is 302 g/mol. The molecule has 3 N–H and O–H groups in total. The molecule has 0 aromatic carbocycles. The van der Waals surface area contributed by atoms with Gasteiger partial charge in [-0.3, -0.25) is 4.79 Å². The molecule has 0 fully saturated rings. The highest BCUT2D eigenvalue weighted by Crippen LogP contribution is 2.22. The molecule has 110 valence electrons. The van der Waals surface area contributed by atoms with Gasteiger partial charge in [0, 0.05) is 30.2 Å². The number of thiazole rings is 1. The molecule has 5 nitrogen and oxygen atoms in total. The molecule has 0 saturated carbocycles. The molecule has 2 aromatic rings. The van der Waals surface area contributed by atoms with Crippen molar-refractivity contribution in [2.45, 2.75) is 13.3 Å². The summed E-state index contributed by atoms with van der Waals surface area (Å²) in [5.41, 5.74) is 3.72. The van der Waals surface area contributed by atoms with Gasteiger partial charge in [-0.05, 0) is 26.0 Å². The highest BCUT2D eigenvalue weighted by molar-refractivity contribution is 7.09. The second-order valence-electron chi connectivity index (χ2n) is 5.05. The Labute approximate surface area is 127 Å². The fourth-order valence-corrected chi connectivity index (χ4v) is 2.91. The smallest absolute Gasteiger partial charge is 0.267 e. The van der Waals surface area contributed by atoms with Gasteiger partial charge in [0.15, 0.2) is 0 Å². The van der Waals surface area contributed by atoms with Crippen LogP contribution < -0.4 is 10.6 Å². The van der Waals surface area contributed by atoms with Crippen molar-refractivity contribution in [1.29, 1.82) is 0 Å². The topological polar surface area (TPSA) is 69.8 Å². The Hall–Kier alpha value is -1.92. The van der Waals surface area contributed by atoms with Gasteiger partial charge in [0.2, 0.25) is 0 Å². The van der Waals surface area contributed by atoms with E-state index >= 15 is 0 Å². The summed E-state index contributed by atoms with van der Waals surface area (Å²) in [6.07, 6.45) is 4.96. The lowest BCUT2D eigenvalue weighted by Gasteiger charge is -2.14. The van der Waals surface area contributed by atoms with Crippen molar-refractivity contribution < 1.29 is 4.79 Å². The predicted molar refractivity (Wildman–Crippen MR) is 84.5 cm³/mol. The predicted octanol–water partition coefficient (Wildman–Crippen LogP) is 2.10. The molecule has 1 amide bonds.